The molecule has 0 bridgehead atoms. The van der Waals surface area contributed by atoms with Gasteiger partial charge < -0.3 is 20.7 Å². The van der Waals surface area contributed by atoms with Gasteiger partial charge in [-0.1, -0.05) is 0 Å². The summed E-state index contributed by atoms with van der Waals surface area (Å²) in [5.41, 5.74) is 5.72. The molecule has 0 aliphatic carbocycles. The number of carboxylic acids is 1. The van der Waals surface area contributed by atoms with Gasteiger partial charge in [0.2, 0.25) is 6.04 Å². The minimum absolute atomic E-state index is 0.0202. The number of nitrogens with two attached hydrogens (primary N) is 1. The minimum Gasteiger partial charge on any atom is -0.505 e. The molecule has 0 saturated carbocycles. The highest BCUT2D eigenvalue weighted by Crippen LogP contribution is 2.43. The van der Waals surface area contributed by atoms with E-state index in [1.165, 1.54) is 37.4 Å². The molecule has 18 nitrogen and oxygen atoms in total. The van der Waals surface area contributed by atoms with Gasteiger partial charge in [-0.25, -0.2) is 4.79 Å². The first-order valence-corrected chi connectivity index (χ1v) is 16.1. The first-order valence-electron chi connectivity index (χ1n) is 13.3. The Labute approximate surface area is 271 Å². The maximum Gasteiger partial charge on any atom is 0.355 e. The SMILES string of the molecule is COc1cc(N)c(C)cc1/N=N/c1c(S(=O)(=O)O)cc2cc(/N=N/C3C(=O)N(c4ccc(S(=O)(=O)O)cc4)N=C3C(=O)O)ccc2c1O. The molecule has 48 heavy (non-hydrogen) atoms. The Kier molecular flexibility index (Phi) is 8.67. The number of methoxy groups -OCH3 is 1. The molecule has 6 N–H and O–H groups in total. The predicted molar refractivity (Wildman–Crippen MR) is 169 cm³/mol. The Balaban J connectivity index is 1.50. The lowest BCUT2D eigenvalue weighted by Crippen LogP contribution is -2.33. The fourth-order valence-electron chi connectivity index (χ4n) is 4.51. The number of rotatable bonds is 9. The van der Waals surface area contributed by atoms with Gasteiger partial charge in [0.1, 0.15) is 22.0 Å². The van der Waals surface area contributed by atoms with Crippen molar-refractivity contribution in [2.24, 2.45) is 25.6 Å². The molecular weight excluding hydrogens is 674 g/mol. The number of benzene rings is 4. The van der Waals surface area contributed by atoms with Gasteiger partial charge in [0.05, 0.1) is 23.4 Å². The normalized spacial score (nSPS) is 15.5. The van der Waals surface area contributed by atoms with Gasteiger partial charge in [-0.2, -0.15) is 37.2 Å². The minimum atomic E-state index is -4.99. The van der Waals surface area contributed by atoms with Crippen LogP contribution in [0.5, 0.6) is 11.5 Å². The molecule has 1 amide bonds. The van der Waals surface area contributed by atoms with Crippen LogP contribution in [0.2, 0.25) is 0 Å². The highest BCUT2D eigenvalue weighted by molar-refractivity contribution is 7.86. The molecule has 4 aromatic rings. The summed E-state index contributed by atoms with van der Waals surface area (Å²) < 4.78 is 71.7. The van der Waals surface area contributed by atoms with E-state index in [2.05, 4.69) is 25.6 Å². The molecule has 0 fully saturated rings. The third kappa shape index (κ3) is 6.53. The first kappa shape index (κ1) is 33.5. The van der Waals surface area contributed by atoms with Gasteiger partial charge in [0.15, 0.2) is 11.5 Å². The van der Waals surface area contributed by atoms with E-state index in [1.54, 1.807) is 6.92 Å². The molecule has 1 aliphatic heterocycles. The third-order valence-corrected chi connectivity index (χ3v) is 8.67. The average molecular weight is 698 g/mol. The van der Waals surface area contributed by atoms with E-state index in [-0.39, 0.29) is 33.6 Å². The number of azo groups is 2. The summed E-state index contributed by atoms with van der Waals surface area (Å²) in [6, 6.07) is 10.3. The zero-order valence-corrected chi connectivity index (χ0v) is 26.2. The number of fused-ring (bicyclic) bond motifs is 1. The van der Waals surface area contributed by atoms with Crippen molar-refractivity contribution in [1.29, 1.82) is 0 Å². The van der Waals surface area contributed by atoms with Crippen molar-refractivity contribution in [2.45, 2.75) is 22.8 Å². The number of carbonyl (C=O) groups is 2. The molecule has 248 valence electrons. The predicted octanol–water partition coefficient (Wildman–Crippen LogP) is 4.29. The lowest BCUT2D eigenvalue weighted by atomic mass is 10.1. The first-order chi connectivity index (χ1) is 22.5. The number of amides is 1. The summed E-state index contributed by atoms with van der Waals surface area (Å²) in [7, 11) is -8.16. The van der Waals surface area contributed by atoms with Crippen LogP contribution in [-0.2, 0) is 29.8 Å². The van der Waals surface area contributed by atoms with Crippen molar-refractivity contribution in [3.8, 4) is 11.5 Å². The number of anilines is 2. The molecule has 1 unspecified atom stereocenters. The molecule has 1 atom stereocenters. The summed E-state index contributed by atoms with van der Waals surface area (Å²) in [6.07, 6.45) is 0. The number of nitrogens with zero attached hydrogens (tertiary/aromatic N) is 6. The molecule has 0 saturated heterocycles. The van der Waals surface area contributed by atoms with E-state index < -0.39 is 65.1 Å². The number of ether oxygens (including phenoxy) is 1. The Bertz CT molecular complexity index is 2320. The van der Waals surface area contributed by atoms with Gasteiger partial charge in [-0.15, -0.1) is 10.2 Å². The van der Waals surface area contributed by atoms with Gasteiger partial charge in [-0.05, 0) is 72.5 Å². The molecule has 0 spiro atoms. The van der Waals surface area contributed by atoms with Crippen LogP contribution < -0.4 is 15.5 Å². The molecule has 1 heterocycles. The van der Waals surface area contributed by atoms with E-state index in [4.69, 9.17) is 15.0 Å². The largest absolute Gasteiger partial charge is 0.505 e. The second-order valence-corrected chi connectivity index (χ2v) is 12.9. The number of phenols is 1. The number of hydrogen-bond donors (Lipinski definition) is 5. The Morgan fingerprint density at radius 1 is 0.958 bits per heavy atom. The van der Waals surface area contributed by atoms with Crippen molar-refractivity contribution >= 4 is 77.0 Å². The lowest BCUT2D eigenvalue weighted by Gasteiger charge is -2.12. The molecule has 1 aliphatic rings. The Hall–Kier alpha value is -5.83. The van der Waals surface area contributed by atoms with E-state index in [0.717, 1.165) is 30.3 Å². The zero-order chi connectivity index (χ0) is 35.1. The molecule has 5 rings (SSSR count). The van der Waals surface area contributed by atoms with Gasteiger partial charge in [0, 0.05) is 17.1 Å². The van der Waals surface area contributed by atoms with Crippen LogP contribution in [0.4, 0.5) is 28.4 Å². The van der Waals surface area contributed by atoms with Crippen molar-refractivity contribution < 1.29 is 50.5 Å². The van der Waals surface area contributed by atoms with Gasteiger partial charge in [-0.3, -0.25) is 13.9 Å². The number of hydrogen-bond acceptors (Lipinski definition) is 14. The second kappa shape index (κ2) is 12.4. The van der Waals surface area contributed by atoms with E-state index in [9.17, 15) is 41.2 Å². The van der Waals surface area contributed by atoms with Crippen LogP contribution in [-0.4, -0.2) is 66.9 Å². The van der Waals surface area contributed by atoms with E-state index >= 15 is 0 Å². The maximum atomic E-state index is 13.1. The molecule has 20 heteroatoms. The quantitative estimate of drug-likeness (QED) is 0.0930. The van der Waals surface area contributed by atoms with Crippen molar-refractivity contribution in [3.05, 3.63) is 66.2 Å². The van der Waals surface area contributed by atoms with E-state index in [0.29, 0.717) is 16.3 Å². The number of carboxylic acid groups (broad SMARTS) is 1. The summed E-state index contributed by atoms with van der Waals surface area (Å²) in [5, 5.41) is 40.8. The maximum absolute atomic E-state index is 13.1. The standard InChI is InChI=1S/C28H23N7O11S2/c1-13-9-20(21(46-2)12-19(13)29)31-32-23-22(48(43,44)45)11-14-10-15(3-8-18(14)26(23)36)30-33-24-25(28(38)39)34-35(27(24)37)16-4-6-17(7-5-16)47(40,41)42/h3-12,24,36H,29H2,1-2H3,(H,38,39)(H,40,41,42)(H,43,44,45)/b32-31+,33-30+. The van der Waals surface area contributed by atoms with Crippen LogP contribution in [0.25, 0.3) is 10.8 Å². The smallest absolute Gasteiger partial charge is 0.355 e. The number of aromatic hydroxyl groups is 1. The zero-order valence-electron chi connectivity index (χ0n) is 24.6. The molecule has 0 radical (unpaired) electrons. The number of aliphatic carboxylic acids is 1. The topological polar surface area (TPSA) is 284 Å². The lowest BCUT2D eigenvalue weighted by molar-refractivity contribution is -0.130. The van der Waals surface area contributed by atoms with Crippen LogP contribution in [0.15, 0.2) is 96.0 Å². The number of aryl methyl sites for hydroxylation is 1. The summed E-state index contributed by atoms with van der Waals surface area (Å²) in [6.45, 7) is 1.70. The molecule has 0 aromatic heterocycles. The van der Waals surface area contributed by atoms with Crippen molar-refractivity contribution in [3.63, 3.8) is 0 Å². The number of nitrogen functional groups attached to an aromatic ring is 1. The number of hydrazone groups is 1. The Morgan fingerprint density at radius 2 is 1.65 bits per heavy atom. The molecular formula is C28H23N7O11S2. The highest BCUT2D eigenvalue weighted by atomic mass is 32.2. The summed E-state index contributed by atoms with van der Waals surface area (Å²) in [5.74, 6) is -3.01. The van der Waals surface area contributed by atoms with Crippen LogP contribution in [0.3, 0.4) is 0 Å². The second-order valence-electron chi connectivity index (χ2n) is 10.1. The number of carbonyl (C=O) groups excluding carboxylic acids is 1. The fraction of sp³-hybridized carbons (Fsp3) is 0.107. The van der Waals surface area contributed by atoms with Gasteiger partial charge in [0.25, 0.3) is 26.1 Å². The summed E-state index contributed by atoms with van der Waals surface area (Å²) in [4.78, 5) is 23.7. The van der Waals surface area contributed by atoms with Crippen LogP contribution in [0.1, 0.15) is 5.56 Å². The Morgan fingerprint density at radius 3 is 2.25 bits per heavy atom. The van der Waals surface area contributed by atoms with Crippen LogP contribution in [0, 0.1) is 6.92 Å². The average Bonchev–Trinajstić information content (AvgIpc) is 3.36. The monoisotopic (exact) mass is 697 g/mol. The highest BCUT2D eigenvalue weighted by Gasteiger charge is 2.41. The van der Waals surface area contributed by atoms with Crippen molar-refractivity contribution in [2.75, 3.05) is 17.9 Å². The third-order valence-electron chi connectivity index (χ3n) is 6.93. The summed E-state index contributed by atoms with van der Waals surface area (Å²) >= 11 is 0. The van der Waals surface area contributed by atoms with Gasteiger partial charge >= 0.3 is 5.97 Å². The van der Waals surface area contributed by atoms with Crippen LogP contribution >= 0.6 is 0 Å². The molecule has 4 aromatic carbocycles. The fourth-order valence-corrected chi connectivity index (χ4v) is 5.64. The van der Waals surface area contributed by atoms with E-state index in [1.807, 2.05) is 0 Å². The van der Waals surface area contributed by atoms with Crippen molar-refractivity contribution in [1.82, 2.24) is 0 Å². The number of phenolic OH excluding ortho intramolecular Hbond substituents is 1.